The Morgan fingerprint density at radius 1 is 1.06 bits per heavy atom. The minimum atomic E-state index is 0.779. The van der Waals surface area contributed by atoms with Crippen LogP contribution in [0.1, 0.15) is 58.8 Å². The monoisotopic (exact) mass is 238 g/mol. The quantitative estimate of drug-likeness (QED) is 0.765. The lowest BCUT2D eigenvalue weighted by Gasteiger charge is -2.25. The average molecular weight is 238 g/mol. The van der Waals surface area contributed by atoms with Gasteiger partial charge in [0, 0.05) is 18.6 Å². The maximum atomic E-state index is 3.90. The van der Waals surface area contributed by atoms with Gasteiger partial charge in [-0.3, -0.25) is 0 Å². The Kier molecular flexibility index (Phi) is 5.30. The van der Waals surface area contributed by atoms with Gasteiger partial charge in [-0.2, -0.15) is 0 Å². The van der Waals surface area contributed by atoms with Crippen molar-refractivity contribution in [1.29, 1.82) is 0 Å². The summed E-state index contributed by atoms with van der Waals surface area (Å²) in [6.45, 7) is 8.44. The van der Waals surface area contributed by atoms with Crippen LogP contribution in [0.25, 0.3) is 0 Å². The van der Waals surface area contributed by atoms with Crippen molar-refractivity contribution in [2.75, 3.05) is 19.6 Å². The normalized spacial score (nSPS) is 33.0. The van der Waals surface area contributed by atoms with Crippen molar-refractivity contribution in [3.63, 3.8) is 0 Å². The molecule has 0 bridgehead atoms. The van der Waals surface area contributed by atoms with Gasteiger partial charge < -0.3 is 10.2 Å². The van der Waals surface area contributed by atoms with E-state index in [0.29, 0.717) is 0 Å². The molecule has 0 aromatic heterocycles. The zero-order valence-corrected chi connectivity index (χ0v) is 11.8. The summed E-state index contributed by atoms with van der Waals surface area (Å²) >= 11 is 0. The number of nitrogens with zero attached hydrogens (tertiary/aromatic N) is 1. The van der Waals surface area contributed by atoms with Gasteiger partial charge in [0.05, 0.1) is 0 Å². The minimum Gasteiger partial charge on any atom is -0.310 e. The van der Waals surface area contributed by atoms with Crippen molar-refractivity contribution in [3.05, 3.63) is 0 Å². The maximum Gasteiger partial charge on any atom is 0.0200 e. The van der Waals surface area contributed by atoms with Gasteiger partial charge in [0.2, 0.25) is 0 Å². The van der Waals surface area contributed by atoms with Crippen LogP contribution in [-0.2, 0) is 0 Å². The average Bonchev–Trinajstić information content (AvgIpc) is 2.71. The predicted octanol–water partition coefficient (Wildman–Crippen LogP) is 3.03. The highest BCUT2D eigenvalue weighted by Crippen LogP contribution is 2.33. The Hall–Kier alpha value is -0.0800. The molecular formula is C15H30N2. The highest BCUT2D eigenvalue weighted by molar-refractivity contribution is 4.93. The van der Waals surface area contributed by atoms with Gasteiger partial charge in [0.15, 0.2) is 0 Å². The first kappa shape index (κ1) is 13.4. The van der Waals surface area contributed by atoms with Crippen LogP contribution in [0.2, 0.25) is 0 Å². The molecule has 2 aliphatic rings. The first-order valence-electron chi connectivity index (χ1n) is 7.81. The fourth-order valence-corrected chi connectivity index (χ4v) is 3.81. The summed E-state index contributed by atoms with van der Waals surface area (Å²) in [7, 11) is 0. The molecule has 1 aliphatic heterocycles. The molecule has 3 atom stereocenters. The molecule has 2 nitrogen and oxygen atoms in total. The van der Waals surface area contributed by atoms with Crippen LogP contribution in [0, 0.1) is 5.92 Å². The first-order valence-corrected chi connectivity index (χ1v) is 7.81. The van der Waals surface area contributed by atoms with E-state index in [1.54, 1.807) is 0 Å². The smallest absolute Gasteiger partial charge is 0.0200 e. The lowest BCUT2D eigenvalue weighted by Crippen LogP contribution is -2.41. The Bertz CT molecular complexity index is 197. The van der Waals surface area contributed by atoms with Crippen LogP contribution in [-0.4, -0.2) is 36.6 Å². The van der Waals surface area contributed by atoms with Crippen molar-refractivity contribution in [2.24, 2.45) is 5.92 Å². The molecule has 1 heterocycles. The summed E-state index contributed by atoms with van der Waals surface area (Å²) in [5.74, 6) is 0.999. The van der Waals surface area contributed by atoms with Crippen molar-refractivity contribution in [2.45, 2.75) is 70.9 Å². The number of hydrogen-bond acceptors (Lipinski definition) is 2. The summed E-state index contributed by atoms with van der Waals surface area (Å²) in [5.41, 5.74) is 0. The molecule has 2 fully saturated rings. The molecule has 0 aromatic carbocycles. The Labute approximate surface area is 107 Å². The van der Waals surface area contributed by atoms with Crippen molar-refractivity contribution in [1.82, 2.24) is 10.2 Å². The van der Waals surface area contributed by atoms with E-state index in [-0.39, 0.29) is 0 Å². The summed E-state index contributed by atoms with van der Waals surface area (Å²) in [4.78, 5) is 2.66. The van der Waals surface area contributed by atoms with Crippen molar-refractivity contribution in [3.8, 4) is 0 Å². The number of nitrogens with one attached hydrogen (secondary N) is 1. The van der Waals surface area contributed by atoms with Gasteiger partial charge in [-0.1, -0.05) is 26.7 Å². The van der Waals surface area contributed by atoms with Crippen LogP contribution in [0.4, 0.5) is 0 Å². The van der Waals surface area contributed by atoms with Crippen LogP contribution in [0.3, 0.4) is 0 Å². The minimum absolute atomic E-state index is 0.779. The van der Waals surface area contributed by atoms with Gasteiger partial charge in [-0.25, -0.2) is 0 Å². The molecular weight excluding hydrogens is 208 g/mol. The second-order valence-electron chi connectivity index (χ2n) is 6.05. The molecule has 100 valence electrons. The van der Waals surface area contributed by atoms with E-state index >= 15 is 0 Å². The molecule has 0 amide bonds. The second kappa shape index (κ2) is 6.75. The summed E-state index contributed by atoms with van der Waals surface area (Å²) in [5, 5.41) is 3.90. The van der Waals surface area contributed by atoms with E-state index in [1.807, 2.05) is 0 Å². The number of hydrogen-bond donors (Lipinski definition) is 1. The van der Waals surface area contributed by atoms with Gasteiger partial charge in [-0.05, 0) is 51.1 Å². The van der Waals surface area contributed by atoms with Crippen LogP contribution < -0.4 is 5.32 Å². The van der Waals surface area contributed by atoms with E-state index in [9.17, 15) is 0 Å². The molecule has 2 rings (SSSR count). The van der Waals surface area contributed by atoms with Crippen molar-refractivity contribution < 1.29 is 0 Å². The third-order valence-electron chi connectivity index (χ3n) is 4.50. The molecule has 1 saturated carbocycles. The molecule has 1 aliphatic carbocycles. The molecule has 0 spiro atoms. The topological polar surface area (TPSA) is 15.3 Å². The number of fused-ring (bicyclic) bond motifs is 1. The first-order chi connectivity index (χ1) is 8.33. The van der Waals surface area contributed by atoms with Crippen molar-refractivity contribution >= 4 is 0 Å². The summed E-state index contributed by atoms with van der Waals surface area (Å²) < 4.78 is 0. The van der Waals surface area contributed by atoms with Gasteiger partial charge in [0.25, 0.3) is 0 Å². The SMILES string of the molecule is CCCN(CCC)CC1CC2CCCCC2N1. The third-order valence-corrected chi connectivity index (χ3v) is 4.50. The zero-order valence-electron chi connectivity index (χ0n) is 11.8. The van der Waals surface area contributed by atoms with Gasteiger partial charge >= 0.3 is 0 Å². The lowest BCUT2D eigenvalue weighted by molar-refractivity contribution is 0.247. The Balaban J connectivity index is 1.78. The largest absolute Gasteiger partial charge is 0.310 e. The lowest BCUT2D eigenvalue weighted by atomic mass is 9.85. The molecule has 1 N–H and O–H groups in total. The fourth-order valence-electron chi connectivity index (χ4n) is 3.81. The standard InChI is InChI=1S/C15H30N2/c1-3-9-17(10-4-2)12-14-11-13-7-5-6-8-15(13)16-14/h13-16H,3-12H2,1-2H3. The van der Waals surface area contributed by atoms with Crippen LogP contribution in [0.15, 0.2) is 0 Å². The molecule has 1 saturated heterocycles. The van der Waals surface area contributed by atoms with Gasteiger partial charge in [-0.15, -0.1) is 0 Å². The molecule has 0 aromatic rings. The Morgan fingerprint density at radius 3 is 2.41 bits per heavy atom. The highest BCUT2D eigenvalue weighted by atomic mass is 15.2. The second-order valence-corrected chi connectivity index (χ2v) is 6.05. The van der Waals surface area contributed by atoms with E-state index < -0.39 is 0 Å². The highest BCUT2D eigenvalue weighted by Gasteiger charge is 2.35. The van der Waals surface area contributed by atoms with E-state index in [1.165, 1.54) is 64.6 Å². The molecule has 3 unspecified atom stereocenters. The van der Waals surface area contributed by atoms with Crippen LogP contribution >= 0.6 is 0 Å². The summed E-state index contributed by atoms with van der Waals surface area (Å²) in [6.07, 6.45) is 9.86. The molecule has 2 heteroatoms. The Morgan fingerprint density at radius 2 is 1.76 bits per heavy atom. The fraction of sp³-hybridized carbons (Fsp3) is 1.00. The molecule has 17 heavy (non-hydrogen) atoms. The van der Waals surface area contributed by atoms with E-state index in [0.717, 1.165) is 18.0 Å². The predicted molar refractivity (Wildman–Crippen MR) is 74.3 cm³/mol. The maximum absolute atomic E-state index is 3.90. The zero-order chi connectivity index (χ0) is 12.1. The summed E-state index contributed by atoms with van der Waals surface area (Å²) in [6, 6.07) is 1.64. The van der Waals surface area contributed by atoms with Gasteiger partial charge in [0.1, 0.15) is 0 Å². The van der Waals surface area contributed by atoms with E-state index in [4.69, 9.17) is 0 Å². The molecule has 0 radical (unpaired) electrons. The third kappa shape index (κ3) is 3.69. The van der Waals surface area contributed by atoms with Crippen LogP contribution in [0.5, 0.6) is 0 Å². The number of rotatable bonds is 6. The van der Waals surface area contributed by atoms with E-state index in [2.05, 4.69) is 24.1 Å².